The number of fused-ring (bicyclic) bond motifs is 4. The van der Waals surface area contributed by atoms with Crippen LogP contribution < -0.4 is 10.1 Å². The van der Waals surface area contributed by atoms with Crippen molar-refractivity contribution in [1.29, 1.82) is 0 Å². The molecule has 1 aliphatic heterocycles. The zero-order valence-corrected chi connectivity index (χ0v) is 20.3. The molecule has 1 saturated carbocycles. The molecule has 2 aromatic rings. The highest BCUT2D eigenvalue weighted by atomic mass is 16.7. The molecule has 0 radical (unpaired) electrons. The first kappa shape index (κ1) is 23.2. The minimum absolute atomic E-state index is 0.0461. The number of carbonyl (C=O) groups is 1. The summed E-state index contributed by atoms with van der Waals surface area (Å²) >= 11 is 0. The molecule has 0 aromatic heterocycles. The van der Waals surface area contributed by atoms with E-state index < -0.39 is 0 Å². The highest BCUT2D eigenvalue weighted by Gasteiger charge is 2.46. The Balaban J connectivity index is 1.36. The molecule has 0 spiro atoms. The van der Waals surface area contributed by atoms with Crippen LogP contribution >= 0.6 is 0 Å². The van der Waals surface area contributed by atoms with Crippen molar-refractivity contribution in [2.75, 3.05) is 6.61 Å². The van der Waals surface area contributed by atoms with Crippen molar-refractivity contribution in [3.63, 3.8) is 0 Å². The molecule has 2 bridgehead atoms. The number of amides is 1. The fourth-order valence-corrected chi connectivity index (χ4v) is 6.19. The largest absolute Gasteiger partial charge is 0.465 e. The number of nitrogens with one attached hydrogen (secondary N) is 1. The lowest BCUT2D eigenvalue weighted by atomic mass is 9.59. The highest BCUT2D eigenvalue weighted by Crippen LogP contribution is 2.47. The molecule has 182 valence electrons. The number of benzene rings is 2. The molecule has 5 heteroatoms. The Morgan fingerprint density at radius 3 is 2.74 bits per heavy atom. The number of ether oxygens (including phenoxy) is 3. The van der Waals surface area contributed by atoms with E-state index in [-0.39, 0.29) is 30.4 Å². The minimum Gasteiger partial charge on any atom is -0.465 e. The Bertz CT molecular complexity index is 971. The van der Waals surface area contributed by atoms with Crippen molar-refractivity contribution in [3.8, 4) is 5.75 Å². The van der Waals surface area contributed by atoms with Crippen LogP contribution in [0.25, 0.3) is 0 Å². The maximum atomic E-state index is 12.9. The summed E-state index contributed by atoms with van der Waals surface area (Å²) in [6.07, 6.45) is 9.50. The second-order valence-corrected chi connectivity index (χ2v) is 10.4. The zero-order chi connectivity index (χ0) is 23.4. The monoisotopic (exact) mass is 463 g/mol. The van der Waals surface area contributed by atoms with Crippen molar-refractivity contribution >= 4 is 6.09 Å². The molecule has 34 heavy (non-hydrogen) atoms. The molecular weight excluding hydrogens is 426 g/mol. The Kier molecular flexibility index (Phi) is 7.10. The molecule has 1 heterocycles. The third kappa shape index (κ3) is 5.10. The first-order valence-corrected chi connectivity index (χ1v) is 13.0. The number of rotatable bonds is 5. The Morgan fingerprint density at radius 2 is 1.91 bits per heavy atom. The molecule has 5 rings (SSSR count). The Hall–Kier alpha value is -2.53. The standard InChI is InChI=1S/C29H37NO4/c1-29-16-8-3-6-12-23(27(29)30-28(31)33-20-21-10-4-2-5-11-21)18-22-14-15-24(19-25(22)29)34-26-13-7-9-17-32-26/h2,4-5,10-11,14-15,19,23,26-27H,3,6-9,12-13,16-18,20H2,1H3,(H,30,31)/t23-,26?,27-,29+/m0/s1. The fourth-order valence-electron chi connectivity index (χ4n) is 6.19. The van der Waals surface area contributed by atoms with E-state index in [2.05, 4.69) is 30.4 Å². The average Bonchev–Trinajstić information content (AvgIpc) is 2.86. The van der Waals surface area contributed by atoms with Crippen LogP contribution in [0.15, 0.2) is 48.5 Å². The van der Waals surface area contributed by atoms with Gasteiger partial charge in [0.15, 0.2) is 6.29 Å². The topological polar surface area (TPSA) is 56.8 Å². The predicted octanol–water partition coefficient (Wildman–Crippen LogP) is 6.28. The molecule has 5 nitrogen and oxygen atoms in total. The van der Waals surface area contributed by atoms with E-state index in [9.17, 15) is 4.79 Å². The van der Waals surface area contributed by atoms with Crippen LogP contribution in [-0.2, 0) is 27.9 Å². The molecule has 2 aliphatic carbocycles. The fraction of sp³-hybridized carbons (Fsp3) is 0.552. The van der Waals surface area contributed by atoms with Gasteiger partial charge >= 0.3 is 6.09 Å². The number of alkyl carbamates (subject to hydrolysis) is 1. The maximum absolute atomic E-state index is 12.9. The van der Waals surface area contributed by atoms with Gasteiger partial charge in [-0.05, 0) is 66.8 Å². The minimum atomic E-state index is -0.322. The maximum Gasteiger partial charge on any atom is 0.407 e. The van der Waals surface area contributed by atoms with Gasteiger partial charge in [-0.2, -0.15) is 0 Å². The number of hydrogen-bond acceptors (Lipinski definition) is 4. The van der Waals surface area contributed by atoms with Gasteiger partial charge in [0.1, 0.15) is 12.4 Å². The Labute approximate surface area is 203 Å². The molecule has 1 unspecified atom stereocenters. The van der Waals surface area contributed by atoms with Crippen molar-refractivity contribution in [2.45, 2.75) is 89.1 Å². The van der Waals surface area contributed by atoms with Crippen molar-refractivity contribution < 1.29 is 19.0 Å². The van der Waals surface area contributed by atoms with Gasteiger partial charge in [-0.25, -0.2) is 4.79 Å². The summed E-state index contributed by atoms with van der Waals surface area (Å²) in [5.74, 6) is 1.29. The van der Waals surface area contributed by atoms with Gasteiger partial charge in [-0.1, -0.05) is 62.6 Å². The van der Waals surface area contributed by atoms with Crippen LogP contribution in [-0.4, -0.2) is 25.0 Å². The normalized spacial score (nSPS) is 28.7. The van der Waals surface area contributed by atoms with Gasteiger partial charge in [0.2, 0.25) is 0 Å². The van der Waals surface area contributed by atoms with Crippen molar-refractivity contribution in [2.24, 2.45) is 5.92 Å². The molecular formula is C29H37NO4. The molecule has 1 saturated heterocycles. The molecule has 4 atom stereocenters. The van der Waals surface area contributed by atoms with Gasteiger partial charge in [-0.3, -0.25) is 0 Å². The SMILES string of the molecule is C[C@@]12CCCCC[C@@H](Cc3ccc(OC4CCCCO4)cc31)[C@@H]2NC(=O)OCc1ccccc1. The molecule has 1 N–H and O–H groups in total. The van der Waals surface area contributed by atoms with E-state index in [4.69, 9.17) is 14.2 Å². The molecule has 1 amide bonds. The quantitative estimate of drug-likeness (QED) is 0.567. The lowest BCUT2D eigenvalue weighted by Crippen LogP contribution is -2.57. The molecule has 2 aromatic carbocycles. The van der Waals surface area contributed by atoms with Crippen LogP contribution in [0.2, 0.25) is 0 Å². The average molecular weight is 464 g/mol. The third-order valence-electron chi connectivity index (χ3n) is 8.00. The second-order valence-electron chi connectivity index (χ2n) is 10.4. The Morgan fingerprint density at radius 1 is 1.06 bits per heavy atom. The lowest BCUT2D eigenvalue weighted by Gasteiger charge is -2.49. The molecule has 3 aliphatic rings. The van der Waals surface area contributed by atoms with E-state index in [0.29, 0.717) is 5.92 Å². The first-order chi connectivity index (χ1) is 16.6. The van der Waals surface area contributed by atoms with Gasteiger partial charge in [0.05, 0.1) is 6.61 Å². The van der Waals surface area contributed by atoms with Crippen molar-refractivity contribution in [3.05, 3.63) is 65.2 Å². The summed E-state index contributed by atoms with van der Waals surface area (Å²) in [7, 11) is 0. The first-order valence-electron chi connectivity index (χ1n) is 13.0. The van der Waals surface area contributed by atoms with Crippen molar-refractivity contribution in [1.82, 2.24) is 5.32 Å². The number of hydrogen-bond donors (Lipinski definition) is 1. The van der Waals surface area contributed by atoms with Gasteiger partial charge in [-0.15, -0.1) is 0 Å². The number of carbonyl (C=O) groups excluding carboxylic acids is 1. The van der Waals surface area contributed by atoms with E-state index in [0.717, 1.165) is 62.9 Å². The predicted molar refractivity (Wildman–Crippen MR) is 132 cm³/mol. The summed E-state index contributed by atoms with van der Waals surface area (Å²) in [6.45, 7) is 3.38. The third-order valence-corrected chi connectivity index (χ3v) is 8.00. The summed E-state index contributed by atoms with van der Waals surface area (Å²) in [5, 5.41) is 3.31. The smallest absolute Gasteiger partial charge is 0.407 e. The van der Waals surface area contributed by atoms with Gasteiger partial charge in [0.25, 0.3) is 0 Å². The van der Waals surface area contributed by atoms with Gasteiger partial charge < -0.3 is 19.5 Å². The van der Waals surface area contributed by atoms with E-state index in [1.54, 1.807) is 0 Å². The summed E-state index contributed by atoms with van der Waals surface area (Å²) in [5.41, 5.74) is 3.55. The summed E-state index contributed by atoms with van der Waals surface area (Å²) in [4.78, 5) is 12.9. The van der Waals surface area contributed by atoms with Crippen LogP contribution in [0.5, 0.6) is 5.75 Å². The highest BCUT2D eigenvalue weighted by molar-refractivity contribution is 5.68. The van der Waals surface area contributed by atoms with Crippen LogP contribution in [0, 0.1) is 5.92 Å². The lowest BCUT2D eigenvalue weighted by molar-refractivity contribution is -0.106. The van der Waals surface area contributed by atoms with E-state index in [1.807, 2.05) is 30.3 Å². The van der Waals surface area contributed by atoms with Gasteiger partial charge in [0, 0.05) is 17.9 Å². The van der Waals surface area contributed by atoms with E-state index >= 15 is 0 Å². The van der Waals surface area contributed by atoms with Crippen LogP contribution in [0.4, 0.5) is 4.79 Å². The van der Waals surface area contributed by atoms with Crippen LogP contribution in [0.3, 0.4) is 0 Å². The summed E-state index contributed by atoms with van der Waals surface area (Å²) in [6, 6.07) is 16.5. The second kappa shape index (κ2) is 10.4. The molecule has 2 fully saturated rings. The summed E-state index contributed by atoms with van der Waals surface area (Å²) < 4.78 is 17.7. The van der Waals surface area contributed by atoms with Crippen LogP contribution in [0.1, 0.15) is 75.0 Å². The zero-order valence-electron chi connectivity index (χ0n) is 20.3. The van der Waals surface area contributed by atoms with E-state index in [1.165, 1.54) is 24.0 Å².